The number of hydrogen-bond donors (Lipinski definition) is 3. The van der Waals surface area contributed by atoms with E-state index in [1.807, 2.05) is 11.8 Å². The first-order valence-electron chi connectivity index (χ1n) is 5.35. The van der Waals surface area contributed by atoms with Gasteiger partial charge in [-0.3, -0.25) is 0 Å². The maximum atomic E-state index is 8.91. The van der Waals surface area contributed by atoms with Crippen molar-refractivity contribution in [1.82, 2.24) is 9.97 Å². The predicted molar refractivity (Wildman–Crippen MR) is 62.6 cm³/mol. The Morgan fingerprint density at radius 3 is 2.56 bits per heavy atom. The molecule has 90 valence electrons. The monoisotopic (exact) mass is 226 g/mol. The summed E-state index contributed by atoms with van der Waals surface area (Å²) in [6, 6.07) is 1.76. The molecule has 0 saturated heterocycles. The zero-order valence-corrected chi connectivity index (χ0v) is 9.43. The summed E-state index contributed by atoms with van der Waals surface area (Å²) in [5, 5.41) is 20.8. The Morgan fingerprint density at radius 2 is 2.00 bits per heavy atom. The molecule has 0 aliphatic carbocycles. The third kappa shape index (κ3) is 3.63. The molecule has 0 atom stereocenters. The highest BCUT2D eigenvalue weighted by Gasteiger charge is 2.07. The highest BCUT2D eigenvalue weighted by molar-refractivity contribution is 5.42. The number of hydrogen-bond acceptors (Lipinski definition) is 6. The van der Waals surface area contributed by atoms with Crippen molar-refractivity contribution in [3.63, 3.8) is 0 Å². The first kappa shape index (κ1) is 12.7. The molecular formula is C10H18N4O2. The van der Waals surface area contributed by atoms with E-state index in [1.165, 1.54) is 0 Å². The van der Waals surface area contributed by atoms with Gasteiger partial charge in [-0.05, 0) is 13.0 Å². The van der Waals surface area contributed by atoms with Gasteiger partial charge >= 0.3 is 0 Å². The Hall–Kier alpha value is -1.40. The van der Waals surface area contributed by atoms with E-state index >= 15 is 0 Å². The second kappa shape index (κ2) is 6.97. The maximum absolute atomic E-state index is 8.91. The number of anilines is 2. The number of aromatic nitrogens is 2. The van der Waals surface area contributed by atoms with Crippen LogP contribution in [0.25, 0.3) is 0 Å². The third-order valence-corrected chi connectivity index (χ3v) is 2.04. The number of nitrogens with zero attached hydrogens (tertiary/aromatic N) is 3. The van der Waals surface area contributed by atoms with E-state index in [9.17, 15) is 0 Å². The van der Waals surface area contributed by atoms with Crippen molar-refractivity contribution in [2.24, 2.45) is 0 Å². The first-order valence-corrected chi connectivity index (χ1v) is 5.35. The first-order chi connectivity index (χ1) is 7.81. The summed E-state index contributed by atoms with van der Waals surface area (Å²) in [5.74, 6) is 1.26. The van der Waals surface area contributed by atoms with Gasteiger partial charge < -0.3 is 20.4 Å². The molecule has 6 heteroatoms. The molecule has 1 aromatic rings. The van der Waals surface area contributed by atoms with Crippen molar-refractivity contribution in [2.45, 2.75) is 6.92 Å². The maximum Gasteiger partial charge on any atom is 0.224 e. The standard InChI is InChI=1S/C10H18N4O2/c1-2-11-10-12-4-3-9(13-10)14(5-7-15)6-8-16/h3-4,15-16H,2,5-8H2,1H3,(H,11,12,13). The van der Waals surface area contributed by atoms with Crippen LogP contribution in [0, 0.1) is 0 Å². The van der Waals surface area contributed by atoms with Crippen molar-refractivity contribution < 1.29 is 10.2 Å². The Balaban J connectivity index is 2.77. The SMILES string of the molecule is CCNc1nccc(N(CCO)CCO)n1. The zero-order chi connectivity index (χ0) is 11.8. The van der Waals surface area contributed by atoms with Crippen LogP contribution in [0.2, 0.25) is 0 Å². The van der Waals surface area contributed by atoms with Crippen LogP contribution in [0.15, 0.2) is 12.3 Å². The third-order valence-electron chi connectivity index (χ3n) is 2.04. The van der Waals surface area contributed by atoms with Crippen molar-refractivity contribution >= 4 is 11.8 Å². The van der Waals surface area contributed by atoms with E-state index in [0.29, 0.717) is 24.9 Å². The van der Waals surface area contributed by atoms with Crippen molar-refractivity contribution in [3.05, 3.63) is 12.3 Å². The zero-order valence-electron chi connectivity index (χ0n) is 9.43. The molecule has 0 amide bonds. The second-order valence-corrected chi connectivity index (χ2v) is 3.20. The summed E-state index contributed by atoms with van der Waals surface area (Å²) in [6.45, 7) is 3.67. The molecule has 0 bridgehead atoms. The average Bonchev–Trinajstić information content (AvgIpc) is 2.30. The molecule has 0 aliphatic rings. The Labute approximate surface area is 95.0 Å². The molecular weight excluding hydrogens is 208 g/mol. The largest absolute Gasteiger partial charge is 0.395 e. The molecule has 0 aromatic carbocycles. The summed E-state index contributed by atoms with van der Waals surface area (Å²) in [5.41, 5.74) is 0. The lowest BCUT2D eigenvalue weighted by molar-refractivity contribution is 0.280. The van der Waals surface area contributed by atoms with Gasteiger partial charge in [-0.15, -0.1) is 0 Å². The van der Waals surface area contributed by atoms with Gasteiger partial charge in [0, 0.05) is 25.8 Å². The topological polar surface area (TPSA) is 81.5 Å². The lowest BCUT2D eigenvalue weighted by Gasteiger charge is -2.21. The molecule has 6 nitrogen and oxygen atoms in total. The molecule has 16 heavy (non-hydrogen) atoms. The van der Waals surface area contributed by atoms with E-state index in [-0.39, 0.29) is 13.2 Å². The van der Waals surface area contributed by atoms with Crippen molar-refractivity contribution in [3.8, 4) is 0 Å². The number of nitrogens with one attached hydrogen (secondary N) is 1. The average molecular weight is 226 g/mol. The minimum atomic E-state index is 0.0283. The minimum Gasteiger partial charge on any atom is -0.395 e. The second-order valence-electron chi connectivity index (χ2n) is 3.20. The van der Waals surface area contributed by atoms with Crippen LogP contribution in [0.5, 0.6) is 0 Å². The lowest BCUT2D eigenvalue weighted by Crippen LogP contribution is -2.30. The Morgan fingerprint density at radius 1 is 1.31 bits per heavy atom. The molecule has 1 rings (SSSR count). The molecule has 0 unspecified atom stereocenters. The molecule has 0 fully saturated rings. The van der Waals surface area contributed by atoms with Gasteiger partial charge in [0.15, 0.2) is 0 Å². The van der Waals surface area contributed by atoms with Crippen LogP contribution in [0.1, 0.15) is 6.92 Å². The van der Waals surface area contributed by atoms with E-state index in [0.717, 1.165) is 6.54 Å². The number of aliphatic hydroxyl groups is 2. The smallest absolute Gasteiger partial charge is 0.224 e. The number of aliphatic hydroxyl groups excluding tert-OH is 2. The van der Waals surface area contributed by atoms with Crippen molar-refractivity contribution in [2.75, 3.05) is 43.1 Å². The molecule has 0 aliphatic heterocycles. The minimum absolute atomic E-state index is 0.0283. The van der Waals surface area contributed by atoms with Gasteiger partial charge in [-0.2, -0.15) is 4.98 Å². The molecule has 1 aromatic heterocycles. The highest BCUT2D eigenvalue weighted by Crippen LogP contribution is 2.11. The van der Waals surface area contributed by atoms with Crippen molar-refractivity contribution in [1.29, 1.82) is 0 Å². The highest BCUT2D eigenvalue weighted by atomic mass is 16.3. The molecule has 0 radical (unpaired) electrons. The molecule has 0 spiro atoms. The predicted octanol–water partition coefficient (Wildman–Crippen LogP) is -0.301. The molecule has 3 N–H and O–H groups in total. The van der Waals surface area contributed by atoms with Gasteiger partial charge in [-0.1, -0.05) is 0 Å². The molecule has 0 saturated carbocycles. The van der Waals surface area contributed by atoms with Crippen LogP contribution in [-0.2, 0) is 0 Å². The summed E-state index contributed by atoms with van der Waals surface area (Å²) >= 11 is 0. The lowest BCUT2D eigenvalue weighted by atomic mass is 10.4. The van der Waals surface area contributed by atoms with Crippen LogP contribution < -0.4 is 10.2 Å². The van der Waals surface area contributed by atoms with Gasteiger partial charge in [0.25, 0.3) is 0 Å². The normalized spacial score (nSPS) is 10.2. The van der Waals surface area contributed by atoms with E-state index < -0.39 is 0 Å². The van der Waals surface area contributed by atoms with Gasteiger partial charge in [0.2, 0.25) is 5.95 Å². The van der Waals surface area contributed by atoms with Crippen LogP contribution >= 0.6 is 0 Å². The van der Waals surface area contributed by atoms with Crippen LogP contribution in [0.3, 0.4) is 0 Å². The summed E-state index contributed by atoms with van der Waals surface area (Å²) in [7, 11) is 0. The van der Waals surface area contributed by atoms with E-state index in [2.05, 4.69) is 15.3 Å². The van der Waals surface area contributed by atoms with Gasteiger partial charge in [-0.25, -0.2) is 4.98 Å². The fraction of sp³-hybridized carbons (Fsp3) is 0.600. The molecule has 1 heterocycles. The van der Waals surface area contributed by atoms with E-state index in [1.54, 1.807) is 12.3 Å². The van der Waals surface area contributed by atoms with Gasteiger partial charge in [0.05, 0.1) is 13.2 Å². The fourth-order valence-corrected chi connectivity index (χ4v) is 1.35. The van der Waals surface area contributed by atoms with E-state index in [4.69, 9.17) is 10.2 Å². The van der Waals surface area contributed by atoms with Crippen LogP contribution in [0.4, 0.5) is 11.8 Å². The number of rotatable bonds is 7. The Kier molecular flexibility index (Phi) is 5.52. The summed E-state index contributed by atoms with van der Waals surface area (Å²) < 4.78 is 0. The quantitative estimate of drug-likeness (QED) is 0.592. The Bertz CT molecular complexity index is 303. The van der Waals surface area contributed by atoms with Gasteiger partial charge in [0.1, 0.15) is 5.82 Å². The summed E-state index contributed by atoms with van der Waals surface area (Å²) in [6.07, 6.45) is 1.65. The fourth-order valence-electron chi connectivity index (χ4n) is 1.35. The summed E-state index contributed by atoms with van der Waals surface area (Å²) in [4.78, 5) is 10.1. The van der Waals surface area contributed by atoms with Crippen LogP contribution in [-0.4, -0.2) is 53.0 Å².